The van der Waals surface area contributed by atoms with Gasteiger partial charge in [0, 0.05) is 0 Å². The molecule has 0 aliphatic heterocycles. The Labute approximate surface area is 80.7 Å². The fourth-order valence-corrected chi connectivity index (χ4v) is 1.88. The van der Waals surface area contributed by atoms with Crippen LogP contribution in [0.3, 0.4) is 0 Å². The predicted molar refractivity (Wildman–Crippen MR) is 52.1 cm³/mol. The highest BCUT2D eigenvalue weighted by Crippen LogP contribution is 2.36. The molecule has 0 atom stereocenters. The number of rotatable bonds is 3. The Kier molecular flexibility index (Phi) is 3.76. The van der Waals surface area contributed by atoms with Crippen molar-refractivity contribution in [2.45, 2.75) is 45.4 Å². The van der Waals surface area contributed by atoms with E-state index in [1.54, 1.807) is 0 Å². The molecule has 0 amide bonds. The Morgan fingerprint density at radius 3 is 2.54 bits per heavy atom. The first-order valence-electron chi connectivity index (χ1n) is 5.15. The molecule has 1 saturated carbocycles. The van der Waals surface area contributed by atoms with E-state index < -0.39 is 0 Å². The summed E-state index contributed by atoms with van der Waals surface area (Å²) in [5.41, 5.74) is -0.201. The van der Waals surface area contributed by atoms with Gasteiger partial charge in [0.1, 0.15) is 0 Å². The Morgan fingerprint density at radius 2 is 2.00 bits per heavy atom. The third-order valence-corrected chi connectivity index (χ3v) is 2.83. The van der Waals surface area contributed by atoms with E-state index in [-0.39, 0.29) is 11.4 Å². The molecule has 0 aromatic carbocycles. The topological polar surface area (TPSA) is 26.3 Å². The SMILES string of the molecule is [CH2]CCOC(=O)C1(C)CCCCC1. The molecule has 2 heteroatoms. The van der Waals surface area contributed by atoms with Crippen LogP contribution in [-0.2, 0) is 9.53 Å². The van der Waals surface area contributed by atoms with Gasteiger partial charge in [0.25, 0.3) is 0 Å². The smallest absolute Gasteiger partial charge is 0.311 e. The molecule has 0 unspecified atom stereocenters. The molecule has 0 spiro atoms. The van der Waals surface area contributed by atoms with Crippen LogP contribution in [0.25, 0.3) is 0 Å². The number of carbonyl (C=O) groups excluding carboxylic acids is 1. The molecule has 1 aliphatic rings. The first-order chi connectivity index (χ1) is 6.19. The Balaban J connectivity index is 2.42. The quantitative estimate of drug-likeness (QED) is 0.629. The molecule has 1 radical (unpaired) electrons. The third-order valence-electron chi connectivity index (χ3n) is 2.83. The van der Waals surface area contributed by atoms with Gasteiger partial charge in [0.05, 0.1) is 12.0 Å². The molecule has 75 valence electrons. The summed E-state index contributed by atoms with van der Waals surface area (Å²) in [7, 11) is 0. The maximum absolute atomic E-state index is 11.6. The Morgan fingerprint density at radius 1 is 1.38 bits per heavy atom. The number of esters is 1. The Hall–Kier alpha value is -0.530. The normalized spacial score (nSPS) is 21.1. The molecule has 1 rings (SSSR count). The first kappa shape index (κ1) is 10.6. The van der Waals surface area contributed by atoms with E-state index in [1.165, 1.54) is 6.42 Å². The molecular weight excluding hydrogens is 164 g/mol. The molecule has 0 N–H and O–H groups in total. The van der Waals surface area contributed by atoms with Crippen molar-refractivity contribution >= 4 is 5.97 Å². The molecule has 1 aliphatic carbocycles. The minimum absolute atomic E-state index is 0.0177. The van der Waals surface area contributed by atoms with Crippen molar-refractivity contribution in [3.05, 3.63) is 6.92 Å². The fraction of sp³-hybridized carbons (Fsp3) is 0.818. The lowest BCUT2D eigenvalue weighted by molar-refractivity contribution is -0.156. The second kappa shape index (κ2) is 4.64. The zero-order valence-electron chi connectivity index (χ0n) is 8.47. The molecule has 0 aromatic heterocycles. The summed E-state index contributed by atoms with van der Waals surface area (Å²) in [6.45, 7) is 6.14. The van der Waals surface area contributed by atoms with Crippen molar-refractivity contribution in [3.8, 4) is 0 Å². The summed E-state index contributed by atoms with van der Waals surface area (Å²) in [6.07, 6.45) is 6.23. The van der Waals surface area contributed by atoms with Gasteiger partial charge in [-0.05, 0) is 33.1 Å². The van der Waals surface area contributed by atoms with Crippen LogP contribution in [0.15, 0.2) is 0 Å². The second-order valence-electron chi connectivity index (χ2n) is 4.11. The van der Waals surface area contributed by atoms with Crippen molar-refractivity contribution in [2.75, 3.05) is 6.61 Å². The molecule has 1 fully saturated rings. The minimum atomic E-state index is -0.201. The van der Waals surface area contributed by atoms with Crippen LogP contribution < -0.4 is 0 Å². The highest BCUT2D eigenvalue weighted by molar-refractivity contribution is 5.76. The summed E-state index contributed by atoms with van der Waals surface area (Å²) >= 11 is 0. The summed E-state index contributed by atoms with van der Waals surface area (Å²) < 4.78 is 5.13. The van der Waals surface area contributed by atoms with Crippen LogP contribution in [0.1, 0.15) is 45.4 Å². The van der Waals surface area contributed by atoms with Crippen LogP contribution >= 0.6 is 0 Å². The first-order valence-corrected chi connectivity index (χ1v) is 5.15. The van der Waals surface area contributed by atoms with Crippen LogP contribution in [-0.4, -0.2) is 12.6 Å². The standard InChI is InChI=1S/C11H19O2/c1-3-9-13-10(12)11(2)7-5-4-6-8-11/h1,3-9H2,2H3. The number of carbonyl (C=O) groups is 1. The van der Waals surface area contributed by atoms with Crippen molar-refractivity contribution in [1.82, 2.24) is 0 Å². The predicted octanol–water partition coefficient (Wildman–Crippen LogP) is 2.72. The lowest BCUT2D eigenvalue weighted by Crippen LogP contribution is -2.32. The average Bonchev–Trinajstić information content (AvgIpc) is 2.15. The highest BCUT2D eigenvalue weighted by Gasteiger charge is 2.35. The van der Waals surface area contributed by atoms with E-state index in [0.717, 1.165) is 25.7 Å². The summed E-state index contributed by atoms with van der Waals surface area (Å²) in [6, 6.07) is 0. The maximum atomic E-state index is 11.6. The lowest BCUT2D eigenvalue weighted by Gasteiger charge is -2.30. The summed E-state index contributed by atoms with van der Waals surface area (Å²) in [5.74, 6) is -0.0177. The van der Waals surface area contributed by atoms with Crippen LogP contribution in [0, 0.1) is 12.3 Å². The zero-order valence-corrected chi connectivity index (χ0v) is 8.47. The fourth-order valence-electron chi connectivity index (χ4n) is 1.88. The monoisotopic (exact) mass is 183 g/mol. The molecule has 0 heterocycles. The van der Waals surface area contributed by atoms with Gasteiger partial charge in [0.15, 0.2) is 0 Å². The number of hydrogen-bond donors (Lipinski definition) is 0. The lowest BCUT2D eigenvalue weighted by atomic mass is 9.76. The molecule has 0 saturated heterocycles. The van der Waals surface area contributed by atoms with Crippen molar-refractivity contribution in [3.63, 3.8) is 0 Å². The molecule has 0 bridgehead atoms. The summed E-state index contributed by atoms with van der Waals surface area (Å²) in [5, 5.41) is 0. The van der Waals surface area contributed by atoms with E-state index in [0.29, 0.717) is 13.0 Å². The Bertz CT molecular complexity index is 169. The van der Waals surface area contributed by atoms with E-state index >= 15 is 0 Å². The molecule has 0 aromatic rings. The second-order valence-corrected chi connectivity index (χ2v) is 4.11. The zero-order chi connectivity index (χ0) is 9.73. The average molecular weight is 183 g/mol. The molecular formula is C11H19O2. The van der Waals surface area contributed by atoms with Gasteiger partial charge in [-0.15, -0.1) is 0 Å². The van der Waals surface area contributed by atoms with E-state index in [1.807, 2.05) is 6.92 Å². The van der Waals surface area contributed by atoms with Gasteiger partial charge in [-0.2, -0.15) is 0 Å². The van der Waals surface area contributed by atoms with Crippen molar-refractivity contribution in [1.29, 1.82) is 0 Å². The van der Waals surface area contributed by atoms with Crippen molar-refractivity contribution in [2.24, 2.45) is 5.41 Å². The van der Waals surface area contributed by atoms with E-state index in [4.69, 9.17) is 4.74 Å². The van der Waals surface area contributed by atoms with Gasteiger partial charge < -0.3 is 4.74 Å². The minimum Gasteiger partial charge on any atom is -0.465 e. The highest BCUT2D eigenvalue weighted by atomic mass is 16.5. The van der Waals surface area contributed by atoms with Gasteiger partial charge in [0.2, 0.25) is 0 Å². The van der Waals surface area contributed by atoms with E-state index in [2.05, 4.69) is 6.92 Å². The van der Waals surface area contributed by atoms with Gasteiger partial charge >= 0.3 is 5.97 Å². The number of ether oxygens (including phenoxy) is 1. The number of hydrogen-bond acceptors (Lipinski definition) is 2. The van der Waals surface area contributed by atoms with Gasteiger partial charge in [-0.3, -0.25) is 4.79 Å². The third kappa shape index (κ3) is 2.71. The van der Waals surface area contributed by atoms with Crippen molar-refractivity contribution < 1.29 is 9.53 Å². The molecule has 13 heavy (non-hydrogen) atoms. The van der Waals surface area contributed by atoms with E-state index in [9.17, 15) is 4.79 Å². The van der Waals surface area contributed by atoms with Crippen LogP contribution in [0.4, 0.5) is 0 Å². The van der Waals surface area contributed by atoms with Gasteiger partial charge in [-0.25, -0.2) is 0 Å². The van der Waals surface area contributed by atoms with Crippen LogP contribution in [0.5, 0.6) is 0 Å². The van der Waals surface area contributed by atoms with Crippen LogP contribution in [0.2, 0.25) is 0 Å². The van der Waals surface area contributed by atoms with Gasteiger partial charge in [-0.1, -0.05) is 19.3 Å². The largest absolute Gasteiger partial charge is 0.465 e. The molecule has 2 nitrogen and oxygen atoms in total. The summed E-state index contributed by atoms with van der Waals surface area (Å²) in [4.78, 5) is 11.6. The maximum Gasteiger partial charge on any atom is 0.311 e.